The molecular weight excluding hydrogens is 248 g/mol. The Morgan fingerprint density at radius 2 is 1.50 bits per heavy atom. The van der Waals surface area contributed by atoms with Gasteiger partial charge in [-0.3, -0.25) is 0 Å². The molecule has 0 aromatic heterocycles. The van der Waals surface area contributed by atoms with Crippen molar-refractivity contribution in [1.29, 1.82) is 0 Å². The highest BCUT2D eigenvalue weighted by atomic mass is 16.5. The number of unbranched alkanes of at least 4 members (excludes halogenated alkanes) is 1. The van der Waals surface area contributed by atoms with Gasteiger partial charge in [0.1, 0.15) is 11.5 Å². The minimum absolute atomic E-state index is 0.0762. The molecule has 1 atom stereocenters. The highest BCUT2D eigenvalue weighted by Gasteiger charge is 2.06. The SMILES string of the molecule is NCCCC[C@H](N)c1ccc(Oc2ccccc2)cc1. The Balaban J connectivity index is 1.92. The first-order valence-electron chi connectivity index (χ1n) is 7.08. The molecular formula is C17H22N2O. The van der Waals surface area contributed by atoms with Gasteiger partial charge in [-0.1, -0.05) is 36.8 Å². The molecule has 0 aliphatic heterocycles. The first kappa shape index (κ1) is 14.6. The Morgan fingerprint density at radius 3 is 2.15 bits per heavy atom. The van der Waals surface area contributed by atoms with Crippen LogP contribution in [0, 0.1) is 0 Å². The predicted octanol–water partition coefficient (Wildman–Crippen LogP) is 3.61. The Hall–Kier alpha value is -1.84. The molecule has 0 aliphatic rings. The Morgan fingerprint density at radius 1 is 0.850 bits per heavy atom. The zero-order valence-electron chi connectivity index (χ0n) is 11.7. The summed E-state index contributed by atoms with van der Waals surface area (Å²) < 4.78 is 5.75. The maximum Gasteiger partial charge on any atom is 0.127 e. The molecule has 0 heterocycles. The minimum atomic E-state index is 0.0762. The van der Waals surface area contributed by atoms with Crippen LogP contribution in [0.25, 0.3) is 0 Å². The third-order valence-electron chi connectivity index (χ3n) is 3.26. The third-order valence-corrected chi connectivity index (χ3v) is 3.26. The van der Waals surface area contributed by atoms with E-state index in [1.54, 1.807) is 0 Å². The quantitative estimate of drug-likeness (QED) is 0.755. The summed E-state index contributed by atoms with van der Waals surface area (Å²) in [5.74, 6) is 1.67. The van der Waals surface area contributed by atoms with E-state index >= 15 is 0 Å². The monoisotopic (exact) mass is 270 g/mol. The molecule has 2 rings (SSSR count). The second kappa shape index (κ2) is 7.68. The van der Waals surface area contributed by atoms with Crippen molar-refractivity contribution in [1.82, 2.24) is 0 Å². The summed E-state index contributed by atoms with van der Waals surface area (Å²) >= 11 is 0. The molecule has 0 saturated carbocycles. The van der Waals surface area contributed by atoms with Crippen molar-refractivity contribution >= 4 is 0 Å². The maximum atomic E-state index is 6.16. The van der Waals surface area contributed by atoms with Gasteiger partial charge in [-0.25, -0.2) is 0 Å². The lowest BCUT2D eigenvalue weighted by Crippen LogP contribution is -2.10. The molecule has 0 bridgehead atoms. The minimum Gasteiger partial charge on any atom is -0.457 e. The van der Waals surface area contributed by atoms with Crippen molar-refractivity contribution in [2.24, 2.45) is 11.5 Å². The van der Waals surface area contributed by atoms with Crippen LogP contribution in [0.15, 0.2) is 54.6 Å². The van der Waals surface area contributed by atoms with Gasteiger partial charge in [-0.15, -0.1) is 0 Å². The van der Waals surface area contributed by atoms with Crippen LogP contribution in [0.2, 0.25) is 0 Å². The molecule has 0 spiro atoms. The highest BCUT2D eigenvalue weighted by Crippen LogP contribution is 2.24. The molecule has 2 aromatic rings. The molecule has 0 amide bonds. The van der Waals surface area contributed by atoms with Crippen LogP contribution in [-0.4, -0.2) is 6.54 Å². The van der Waals surface area contributed by atoms with Gasteiger partial charge in [0.2, 0.25) is 0 Å². The third kappa shape index (κ3) is 4.37. The first-order valence-corrected chi connectivity index (χ1v) is 7.08. The van der Waals surface area contributed by atoms with Gasteiger partial charge in [0, 0.05) is 6.04 Å². The number of nitrogens with two attached hydrogens (primary N) is 2. The molecule has 3 heteroatoms. The molecule has 0 aliphatic carbocycles. The largest absolute Gasteiger partial charge is 0.457 e. The van der Waals surface area contributed by atoms with Crippen LogP contribution in [0.1, 0.15) is 30.9 Å². The second-order valence-electron chi connectivity index (χ2n) is 4.88. The number of benzene rings is 2. The van der Waals surface area contributed by atoms with E-state index in [9.17, 15) is 0 Å². The predicted molar refractivity (Wildman–Crippen MR) is 82.8 cm³/mol. The number of para-hydroxylation sites is 1. The molecule has 0 saturated heterocycles. The molecule has 4 N–H and O–H groups in total. The summed E-state index contributed by atoms with van der Waals surface area (Å²) in [6, 6.07) is 17.8. The Kier molecular flexibility index (Phi) is 5.59. The van der Waals surface area contributed by atoms with Gasteiger partial charge in [0.05, 0.1) is 0 Å². The van der Waals surface area contributed by atoms with Crippen LogP contribution in [0.5, 0.6) is 11.5 Å². The fraction of sp³-hybridized carbons (Fsp3) is 0.294. The van der Waals surface area contributed by atoms with E-state index in [1.807, 2.05) is 54.6 Å². The standard InChI is InChI=1S/C17H22N2O/c18-13-5-4-8-17(19)14-9-11-16(12-10-14)20-15-6-2-1-3-7-15/h1-3,6-7,9-12,17H,4-5,8,13,18-19H2/t17-/m0/s1. The van der Waals surface area contributed by atoms with Crippen molar-refractivity contribution in [3.8, 4) is 11.5 Å². The highest BCUT2D eigenvalue weighted by molar-refractivity contribution is 5.33. The van der Waals surface area contributed by atoms with Crippen molar-refractivity contribution in [3.05, 3.63) is 60.2 Å². The number of hydrogen-bond acceptors (Lipinski definition) is 3. The molecule has 0 radical (unpaired) electrons. The van der Waals surface area contributed by atoms with Crippen LogP contribution in [-0.2, 0) is 0 Å². The summed E-state index contributed by atoms with van der Waals surface area (Å²) in [7, 11) is 0. The van der Waals surface area contributed by atoms with Gasteiger partial charge in [-0.2, -0.15) is 0 Å². The van der Waals surface area contributed by atoms with E-state index in [0.29, 0.717) is 0 Å². The van der Waals surface area contributed by atoms with E-state index in [2.05, 4.69) is 0 Å². The van der Waals surface area contributed by atoms with Crippen LogP contribution in [0.3, 0.4) is 0 Å². The summed E-state index contributed by atoms with van der Waals surface area (Å²) in [5.41, 5.74) is 12.8. The number of hydrogen-bond donors (Lipinski definition) is 2. The lowest BCUT2D eigenvalue weighted by molar-refractivity contribution is 0.482. The number of ether oxygens (including phenoxy) is 1. The molecule has 106 valence electrons. The first-order chi connectivity index (χ1) is 9.79. The maximum absolute atomic E-state index is 6.16. The molecule has 0 unspecified atom stereocenters. The lowest BCUT2D eigenvalue weighted by Gasteiger charge is -2.12. The Bertz CT molecular complexity index is 496. The summed E-state index contributed by atoms with van der Waals surface area (Å²) in [6.45, 7) is 0.733. The molecule has 2 aromatic carbocycles. The van der Waals surface area contributed by atoms with E-state index in [4.69, 9.17) is 16.2 Å². The van der Waals surface area contributed by atoms with Crippen LogP contribution < -0.4 is 16.2 Å². The number of rotatable bonds is 7. The second-order valence-corrected chi connectivity index (χ2v) is 4.88. The van der Waals surface area contributed by atoms with Crippen molar-refractivity contribution in [3.63, 3.8) is 0 Å². The summed E-state index contributed by atoms with van der Waals surface area (Å²) in [4.78, 5) is 0. The zero-order valence-corrected chi connectivity index (χ0v) is 11.7. The lowest BCUT2D eigenvalue weighted by atomic mass is 10.0. The van der Waals surface area contributed by atoms with Gasteiger partial charge in [0.15, 0.2) is 0 Å². The van der Waals surface area contributed by atoms with Crippen LogP contribution in [0.4, 0.5) is 0 Å². The van der Waals surface area contributed by atoms with E-state index < -0.39 is 0 Å². The molecule has 20 heavy (non-hydrogen) atoms. The van der Waals surface area contributed by atoms with Gasteiger partial charge >= 0.3 is 0 Å². The average molecular weight is 270 g/mol. The fourth-order valence-corrected chi connectivity index (χ4v) is 2.08. The average Bonchev–Trinajstić information content (AvgIpc) is 2.49. The Labute approximate surface area is 120 Å². The van der Waals surface area contributed by atoms with Gasteiger partial charge in [-0.05, 0) is 49.2 Å². The van der Waals surface area contributed by atoms with Crippen molar-refractivity contribution in [2.45, 2.75) is 25.3 Å². The van der Waals surface area contributed by atoms with Crippen molar-refractivity contribution < 1.29 is 4.74 Å². The molecule has 3 nitrogen and oxygen atoms in total. The molecule has 0 fully saturated rings. The van der Waals surface area contributed by atoms with E-state index in [-0.39, 0.29) is 6.04 Å². The van der Waals surface area contributed by atoms with Crippen LogP contribution >= 0.6 is 0 Å². The van der Waals surface area contributed by atoms with Gasteiger partial charge in [0.25, 0.3) is 0 Å². The zero-order chi connectivity index (χ0) is 14.2. The van der Waals surface area contributed by atoms with Gasteiger partial charge < -0.3 is 16.2 Å². The summed E-state index contributed by atoms with van der Waals surface area (Å²) in [5, 5.41) is 0. The van der Waals surface area contributed by atoms with E-state index in [1.165, 1.54) is 0 Å². The smallest absolute Gasteiger partial charge is 0.127 e. The fourth-order valence-electron chi connectivity index (χ4n) is 2.08. The topological polar surface area (TPSA) is 61.3 Å². The normalized spacial score (nSPS) is 12.1. The summed E-state index contributed by atoms with van der Waals surface area (Å²) in [6.07, 6.45) is 3.07. The van der Waals surface area contributed by atoms with E-state index in [0.717, 1.165) is 42.9 Å². The van der Waals surface area contributed by atoms with Crippen molar-refractivity contribution in [2.75, 3.05) is 6.54 Å².